The number of carbonyl (C=O) groups excluding carboxylic acids is 1. The Labute approximate surface area is 239 Å². The highest BCUT2D eigenvalue weighted by Gasteiger charge is 2.46. The summed E-state index contributed by atoms with van der Waals surface area (Å²) in [6, 6.07) is 12.7. The summed E-state index contributed by atoms with van der Waals surface area (Å²) in [5, 5.41) is 9.25. The maximum Gasteiger partial charge on any atom is 0.416 e. The number of aromatic nitrogens is 2. The molecule has 1 amide bonds. The Morgan fingerprint density at radius 2 is 1.75 bits per heavy atom. The molecule has 3 heterocycles. The molecule has 3 aromatic heterocycles. The summed E-state index contributed by atoms with van der Waals surface area (Å²) in [5.74, 6) is -1.41. The Morgan fingerprint density at radius 3 is 2.33 bits per heavy atom. The van der Waals surface area contributed by atoms with Gasteiger partial charge >= 0.3 is 12.1 Å². The summed E-state index contributed by atoms with van der Waals surface area (Å²) in [6.07, 6.45) is 1.18. The van der Waals surface area contributed by atoms with Crippen molar-refractivity contribution in [3.05, 3.63) is 70.2 Å². The molecule has 0 radical (unpaired) electrons. The third-order valence-electron chi connectivity index (χ3n) is 6.39. The predicted octanol–water partition coefficient (Wildman–Crippen LogP) is 4.88. The minimum atomic E-state index is -4.34. The highest BCUT2D eigenvalue weighted by Crippen LogP contribution is 2.38. The summed E-state index contributed by atoms with van der Waals surface area (Å²) in [4.78, 5) is 33.6. The van der Waals surface area contributed by atoms with E-state index in [-0.39, 0.29) is 28.4 Å². The lowest BCUT2D eigenvalue weighted by molar-refractivity contribution is -0.135. The van der Waals surface area contributed by atoms with Crippen molar-refractivity contribution in [2.45, 2.75) is 75.3 Å². The minimum Gasteiger partial charge on any atom is -0.480 e. The molecule has 12 heteroatoms. The minimum absolute atomic E-state index is 0.0701. The van der Waals surface area contributed by atoms with Crippen molar-refractivity contribution in [2.75, 3.05) is 11.4 Å². The molecular formula is C28H36N4O6S2. The van der Waals surface area contributed by atoms with Crippen LogP contribution in [-0.4, -0.2) is 47.7 Å². The van der Waals surface area contributed by atoms with Crippen LogP contribution in [0.4, 0.5) is 10.6 Å². The molecule has 3 aromatic rings. The van der Waals surface area contributed by atoms with E-state index in [1.807, 2.05) is 12.1 Å². The molecular weight excluding hydrogens is 552 g/mol. The van der Waals surface area contributed by atoms with E-state index in [4.69, 9.17) is 10.5 Å². The predicted molar refractivity (Wildman–Crippen MR) is 154 cm³/mol. The average Bonchev–Trinajstić information content (AvgIpc) is 3.36. The molecule has 0 aliphatic carbocycles. The van der Waals surface area contributed by atoms with E-state index in [1.165, 1.54) is 41.8 Å². The van der Waals surface area contributed by atoms with Gasteiger partial charge in [-0.25, -0.2) is 23.2 Å². The lowest BCUT2D eigenvalue weighted by atomic mass is 9.89. The number of carboxylic acid groups (broad SMARTS) is 1. The Balaban J connectivity index is 2.18. The van der Waals surface area contributed by atoms with Gasteiger partial charge in [0.2, 0.25) is 9.84 Å². The van der Waals surface area contributed by atoms with E-state index in [0.717, 1.165) is 21.1 Å². The highest BCUT2D eigenvalue weighted by atomic mass is 32.2. The summed E-state index contributed by atoms with van der Waals surface area (Å²) in [5.41, 5.74) is 5.74. The zero-order chi connectivity index (χ0) is 29.9. The number of nitrogens with zero attached hydrogens (tertiary/aromatic N) is 3. The molecule has 40 heavy (non-hydrogen) atoms. The number of pyridine rings is 2. The van der Waals surface area contributed by atoms with Crippen molar-refractivity contribution in [2.24, 2.45) is 5.73 Å². The fraction of sp³-hybridized carbons (Fsp3) is 0.429. The second kappa shape index (κ2) is 11.6. The summed E-state index contributed by atoms with van der Waals surface area (Å²) < 4.78 is 33.5. The van der Waals surface area contributed by atoms with Gasteiger partial charge in [-0.05, 0) is 69.0 Å². The van der Waals surface area contributed by atoms with Gasteiger partial charge < -0.3 is 15.6 Å². The molecule has 0 fully saturated rings. The molecule has 0 aliphatic heterocycles. The molecule has 3 rings (SSSR count). The lowest BCUT2D eigenvalue weighted by Gasteiger charge is -2.30. The van der Waals surface area contributed by atoms with Crippen LogP contribution in [0, 0.1) is 0 Å². The van der Waals surface area contributed by atoms with Gasteiger partial charge in [-0.1, -0.05) is 32.9 Å². The number of ether oxygens (including phenoxy) is 1. The van der Waals surface area contributed by atoms with Crippen LogP contribution < -0.4 is 10.6 Å². The van der Waals surface area contributed by atoms with E-state index in [0.29, 0.717) is 0 Å². The zero-order valence-electron chi connectivity index (χ0n) is 23.5. The Morgan fingerprint density at radius 1 is 1.05 bits per heavy atom. The van der Waals surface area contributed by atoms with Gasteiger partial charge in [0.1, 0.15) is 18.0 Å². The molecule has 216 valence electrons. The maximum atomic E-state index is 14.1. The normalized spacial score (nSPS) is 13.9. The number of anilines is 1. The topological polar surface area (TPSA) is 153 Å². The van der Waals surface area contributed by atoms with Crippen molar-refractivity contribution in [3.8, 4) is 0 Å². The maximum absolute atomic E-state index is 14.1. The Hall–Kier alpha value is -3.35. The summed E-state index contributed by atoms with van der Waals surface area (Å²) >= 11 is 1.47. The van der Waals surface area contributed by atoms with Gasteiger partial charge in [-0.15, -0.1) is 11.3 Å². The van der Waals surface area contributed by atoms with Crippen LogP contribution >= 0.6 is 11.3 Å². The molecule has 3 N–H and O–H groups in total. The van der Waals surface area contributed by atoms with Crippen LogP contribution in [0.2, 0.25) is 0 Å². The van der Waals surface area contributed by atoms with Gasteiger partial charge in [0, 0.05) is 22.4 Å². The van der Waals surface area contributed by atoms with Gasteiger partial charge in [0.15, 0.2) is 9.90 Å². The third-order valence-corrected chi connectivity index (χ3v) is 9.95. The van der Waals surface area contributed by atoms with Crippen molar-refractivity contribution in [3.63, 3.8) is 0 Å². The van der Waals surface area contributed by atoms with Crippen LogP contribution in [0.25, 0.3) is 0 Å². The molecule has 0 saturated heterocycles. The fourth-order valence-electron chi connectivity index (χ4n) is 3.79. The molecule has 0 aromatic carbocycles. The molecule has 10 nitrogen and oxygen atoms in total. The van der Waals surface area contributed by atoms with Gasteiger partial charge in [-0.3, -0.25) is 9.69 Å². The number of sulfone groups is 1. The SMILES string of the molecule is CCC(C)(C)c1ccc(CC(N)(c2cccc(N(CC(=O)O)C(=O)OC(C)(C)C)n2)S(=O)(=O)c2ccccn2)s1. The smallest absolute Gasteiger partial charge is 0.416 e. The average molecular weight is 589 g/mol. The Kier molecular flexibility index (Phi) is 9.07. The first-order chi connectivity index (χ1) is 18.5. The van der Waals surface area contributed by atoms with Gasteiger partial charge in [0.05, 0.1) is 5.69 Å². The fourth-order valence-corrected chi connectivity index (χ4v) is 6.72. The molecule has 0 spiro atoms. The van der Waals surface area contributed by atoms with Crippen molar-refractivity contribution in [1.82, 2.24) is 9.97 Å². The van der Waals surface area contributed by atoms with Gasteiger partial charge in [0.25, 0.3) is 0 Å². The molecule has 1 atom stereocenters. The molecule has 0 bridgehead atoms. The monoisotopic (exact) mass is 588 g/mol. The van der Waals surface area contributed by atoms with E-state index >= 15 is 0 Å². The number of thiophene rings is 1. The zero-order valence-corrected chi connectivity index (χ0v) is 25.2. The number of hydrogen-bond acceptors (Lipinski definition) is 9. The third kappa shape index (κ3) is 6.86. The highest BCUT2D eigenvalue weighted by molar-refractivity contribution is 7.92. The lowest BCUT2D eigenvalue weighted by Crippen LogP contribution is -2.48. The first-order valence-electron chi connectivity index (χ1n) is 12.7. The molecule has 0 saturated carbocycles. The van der Waals surface area contributed by atoms with Crippen LogP contribution in [0.5, 0.6) is 0 Å². The van der Waals surface area contributed by atoms with E-state index in [1.54, 1.807) is 32.9 Å². The van der Waals surface area contributed by atoms with Crippen LogP contribution in [0.3, 0.4) is 0 Å². The van der Waals surface area contributed by atoms with E-state index < -0.39 is 38.9 Å². The van der Waals surface area contributed by atoms with Crippen molar-refractivity contribution >= 4 is 39.1 Å². The summed E-state index contributed by atoms with van der Waals surface area (Å²) in [7, 11) is -4.34. The number of hydrogen-bond donors (Lipinski definition) is 2. The number of nitrogens with two attached hydrogens (primary N) is 1. The number of carboxylic acids is 1. The molecule has 0 aliphatic rings. The first kappa shape index (κ1) is 31.2. The van der Waals surface area contributed by atoms with Crippen molar-refractivity contribution < 1.29 is 27.9 Å². The Bertz CT molecular complexity index is 1470. The number of carbonyl (C=O) groups is 2. The first-order valence-corrected chi connectivity index (χ1v) is 15.0. The quantitative estimate of drug-likeness (QED) is 0.337. The van der Waals surface area contributed by atoms with Crippen LogP contribution in [0.15, 0.2) is 59.8 Å². The summed E-state index contributed by atoms with van der Waals surface area (Å²) in [6.45, 7) is 10.5. The standard InChI is InChI=1S/C28H36N4O6S2/c1-7-27(5,6)21-15-14-19(39-21)17-28(29,40(36,37)23-13-8-9-16-30-23)20-11-10-12-22(31-20)32(18-24(33)34)25(35)38-26(2,3)4/h8-16H,7,17-18,29H2,1-6H3,(H,33,34). The largest absolute Gasteiger partial charge is 0.480 e. The van der Waals surface area contributed by atoms with Crippen LogP contribution in [-0.2, 0) is 36.1 Å². The second-order valence-corrected chi connectivity index (χ2v) is 14.4. The van der Waals surface area contributed by atoms with Crippen LogP contribution in [0.1, 0.15) is 63.4 Å². The van der Waals surface area contributed by atoms with E-state index in [2.05, 4.69) is 30.7 Å². The van der Waals surface area contributed by atoms with Gasteiger partial charge in [-0.2, -0.15) is 0 Å². The van der Waals surface area contributed by atoms with E-state index in [9.17, 15) is 23.1 Å². The second-order valence-electron chi connectivity index (χ2n) is 11.1. The molecule has 1 unspecified atom stereocenters. The number of amides is 1. The number of rotatable bonds is 10. The number of aliphatic carboxylic acids is 1. The van der Waals surface area contributed by atoms with Crippen molar-refractivity contribution in [1.29, 1.82) is 0 Å².